The summed E-state index contributed by atoms with van der Waals surface area (Å²) >= 11 is 0. The molecule has 5 rings (SSSR count). The van der Waals surface area contributed by atoms with Crippen LogP contribution in [0.25, 0.3) is 0 Å². The number of hydrogen-bond acceptors (Lipinski definition) is 3. The van der Waals surface area contributed by atoms with E-state index in [1.165, 1.54) is 24.8 Å². The fourth-order valence-corrected chi connectivity index (χ4v) is 7.95. The lowest BCUT2D eigenvalue weighted by molar-refractivity contribution is -0.113. The van der Waals surface area contributed by atoms with Gasteiger partial charge in [0, 0.05) is 11.0 Å². The van der Waals surface area contributed by atoms with Gasteiger partial charge in [0.15, 0.2) is 0 Å². The van der Waals surface area contributed by atoms with Gasteiger partial charge in [-0.15, -0.1) is 0 Å². The van der Waals surface area contributed by atoms with Crippen LogP contribution in [0.5, 0.6) is 0 Å². The van der Waals surface area contributed by atoms with Crippen LogP contribution < -0.4 is 0 Å². The lowest BCUT2D eigenvalue weighted by atomic mass is 9.44. The lowest BCUT2D eigenvalue weighted by Gasteiger charge is -2.60. The van der Waals surface area contributed by atoms with E-state index in [2.05, 4.69) is 45.9 Å². The van der Waals surface area contributed by atoms with Crippen LogP contribution in [0.4, 0.5) is 0 Å². The molecule has 0 amide bonds. The summed E-state index contributed by atoms with van der Waals surface area (Å²) in [5, 5.41) is 15.2. The fraction of sp³-hybridized carbons (Fsp3) is 0.783. The Kier molecular flexibility index (Phi) is 3.17. The van der Waals surface area contributed by atoms with Gasteiger partial charge < -0.3 is 9.63 Å². The minimum absolute atomic E-state index is 0.0638. The molecule has 2 fully saturated rings. The quantitative estimate of drug-likeness (QED) is 0.663. The van der Waals surface area contributed by atoms with Crippen LogP contribution in [0.2, 0.25) is 0 Å². The summed E-state index contributed by atoms with van der Waals surface area (Å²) in [4.78, 5) is 0. The highest BCUT2D eigenvalue weighted by atomic mass is 16.5. The number of nitrogens with zero attached hydrogens (tertiary/aromatic N) is 1. The predicted octanol–water partition coefficient (Wildman–Crippen LogP) is 5.04. The highest BCUT2D eigenvalue weighted by Crippen LogP contribution is 2.68. The molecule has 0 aromatic carbocycles. The van der Waals surface area contributed by atoms with Gasteiger partial charge in [-0.1, -0.05) is 30.7 Å². The molecule has 2 saturated carbocycles. The second kappa shape index (κ2) is 4.84. The zero-order valence-corrected chi connectivity index (χ0v) is 16.9. The van der Waals surface area contributed by atoms with Gasteiger partial charge in [0.25, 0.3) is 0 Å². The maximum absolute atomic E-state index is 11.1. The van der Waals surface area contributed by atoms with Gasteiger partial charge in [-0.3, -0.25) is 0 Å². The Labute approximate surface area is 157 Å². The van der Waals surface area contributed by atoms with E-state index in [0.29, 0.717) is 17.8 Å². The predicted molar refractivity (Wildman–Crippen MR) is 102 cm³/mol. The Morgan fingerprint density at radius 2 is 1.81 bits per heavy atom. The highest BCUT2D eigenvalue weighted by molar-refractivity contribution is 5.44. The average molecular weight is 356 g/mol. The monoisotopic (exact) mass is 355 g/mol. The molecule has 0 aliphatic heterocycles. The van der Waals surface area contributed by atoms with Crippen LogP contribution in [-0.2, 0) is 11.8 Å². The summed E-state index contributed by atoms with van der Waals surface area (Å²) in [6.07, 6.45) is 11.3. The van der Waals surface area contributed by atoms with Crippen LogP contribution in [0.3, 0.4) is 0 Å². The molecule has 1 heterocycles. The molecule has 1 aromatic rings. The first-order valence-electron chi connectivity index (χ1n) is 10.5. The molecule has 6 atom stereocenters. The Hall–Kier alpha value is -1.09. The first-order chi connectivity index (χ1) is 12.1. The van der Waals surface area contributed by atoms with Crippen LogP contribution in [0.1, 0.15) is 78.0 Å². The van der Waals surface area contributed by atoms with Crippen molar-refractivity contribution in [3.8, 4) is 0 Å². The van der Waals surface area contributed by atoms with E-state index in [0.717, 1.165) is 25.0 Å². The summed E-state index contributed by atoms with van der Waals surface area (Å²) in [6, 6.07) is 0. The first kappa shape index (κ1) is 17.0. The molecule has 0 spiro atoms. The largest absolute Gasteiger partial charge is 0.390 e. The molecule has 3 nitrogen and oxygen atoms in total. The van der Waals surface area contributed by atoms with Crippen molar-refractivity contribution < 1.29 is 9.63 Å². The molecule has 1 N–H and O–H groups in total. The number of aromatic nitrogens is 1. The maximum Gasteiger partial charge on any atom is 0.149 e. The second-order valence-corrected chi connectivity index (χ2v) is 10.9. The molecule has 3 heteroatoms. The van der Waals surface area contributed by atoms with Gasteiger partial charge in [-0.25, -0.2) is 0 Å². The van der Waals surface area contributed by atoms with Crippen molar-refractivity contribution in [3.05, 3.63) is 29.2 Å². The summed E-state index contributed by atoms with van der Waals surface area (Å²) < 4.78 is 5.69. The van der Waals surface area contributed by atoms with Gasteiger partial charge in [-0.2, -0.15) is 0 Å². The van der Waals surface area contributed by atoms with Crippen molar-refractivity contribution in [3.63, 3.8) is 0 Å². The van der Waals surface area contributed by atoms with Gasteiger partial charge in [0.2, 0.25) is 0 Å². The molecule has 0 saturated heterocycles. The molecular formula is C23H33NO2. The van der Waals surface area contributed by atoms with Crippen LogP contribution >= 0.6 is 0 Å². The zero-order chi connectivity index (χ0) is 18.5. The molecule has 4 aliphatic rings. The Morgan fingerprint density at radius 1 is 1.08 bits per heavy atom. The van der Waals surface area contributed by atoms with Crippen LogP contribution in [0.15, 0.2) is 22.4 Å². The Bertz CT molecular complexity index is 788. The average Bonchev–Trinajstić information content (AvgIpc) is 3.10. The smallest absolute Gasteiger partial charge is 0.149 e. The van der Waals surface area contributed by atoms with Gasteiger partial charge >= 0.3 is 0 Å². The molecule has 0 bridgehead atoms. The summed E-state index contributed by atoms with van der Waals surface area (Å²) in [5.74, 6) is 3.13. The lowest BCUT2D eigenvalue weighted by Crippen LogP contribution is -2.55. The summed E-state index contributed by atoms with van der Waals surface area (Å²) in [7, 11) is 0. The molecule has 26 heavy (non-hydrogen) atoms. The van der Waals surface area contributed by atoms with E-state index in [9.17, 15) is 5.11 Å². The third-order valence-electron chi connectivity index (χ3n) is 9.47. The van der Waals surface area contributed by atoms with Crippen molar-refractivity contribution in [1.29, 1.82) is 0 Å². The Morgan fingerprint density at radius 3 is 2.58 bits per heavy atom. The molecular weight excluding hydrogens is 322 g/mol. The second-order valence-electron chi connectivity index (χ2n) is 10.9. The van der Waals surface area contributed by atoms with Crippen LogP contribution in [0, 0.1) is 28.6 Å². The topological polar surface area (TPSA) is 46.3 Å². The molecule has 4 aliphatic carbocycles. The minimum Gasteiger partial charge on any atom is -0.390 e. The first-order valence-corrected chi connectivity index (χ1v) is 10.5. The molecule has 1 aromatic heterocycles. The number of fused-ring (bicyclic) bond motifs is 6. The van der Waals surface area contributed by atoms with Gasteiger partial charge in [-0.05, 0) is 87.9 Å². The molecule has 5 unspecified atom stereocenters. The zero-order valence-electron chi connectivity index (χ0n) is 16.9. The van der Waals surface area contributed by atoms with Crippen molar-refractivity contribution in [2.24, 2.45) is 28.6 Å². The van der Waals surface area contributed by atoms with E-state index in [1.807, 2.05) is 6.20 Å². The third-order valence-corrected chi connectivity index (χ3v) is 9.47. The summed E-state index contributed by atoms with van der Waals surface area (Å²) in [5.41, 5.74) is 2.60. The van der Waals surface area contributed by atoms with Crippen LogP contribution in [-0.4, -0.2) is 15.9 Å². The highest BCUT2D eigenvalue weighted by Gasteiger charge is 2.63. The van der Waals surface area contributed by atoms with E-state index >= 15 is 0 Å². The number of hydrogen-bond donors (Lipinski definition) is 1. The van der Waals surface area contributed by atoms with Gasteiger partial charge in [0.1, 0.15) is 5.76 Å². The van der Waals surface area contributed by atoms with E-state index in [4.69, 9.17) is 4.52 Å². The third kappa shape index (κ3) is 1.81. The van der Waals surface area contributed by atoms with E-state index in [1.54, 1.807) is 5.57 Å². The summed E-state index contributed by atoms with van der Waals surface area (Å²) in [6.45, 7) is 11.6. The maximum atomic E-state index is 11.1. The normalized spacial score (nSPS) is 48.8. The standard InChI is InChI=1S/C23H33NO2/c1-20(2)18-7-6-15-16(21(18,3)12-14-13-24-26-19(14)20)8-10-22(4)17(15)9-11-23(22,5)25/h7,13,15-17,25H,6,8-12H2,1-5H3/t15?,16?,17?,21?,22?,23-/m0/s1. The SMILES string of the molecule is CC1(C)C2=CCC3C(CCC4(C)C3CC[C@]4(C)O)C2(C)Cc2cnoc21. The van der Waals surface area contributed by atoms with Crippen molar-refractivity contribution in [2.75, 3.05) is 0 Å². The Balaban J connectivity index is 1.60. The van der Waals surface area contributed by atoms with Crippen molar-refractivity contribution >= 4 is 0 Å². The van der Waals surface area contributed by atoms with Gasteiger partial charge in [0.05, 0.1) is 11.8 Å². The van der Waals surface area contributed by atoms with Crippen molar-refractivity contribution in [1.82, 2.24) is 5.16 Å². The van der Waals surface area contributed by atoms with E-state index in [-0.39, 0.29) is 16.2 Å². The number of allylic oxidation sites excluding steroid dienone is 2. The number of aliphatic hydroxyl groups is 1. The fourth-order valence-electron chi connectivity index (χ4n) is 7.95. The number of rotatable bonds is 0. The minimum atomic E-state index is -0.499. The van der Waals surface area contributed by atoms with E-state index < -0.39 is 5.60 Å². The molecule has 142 valence electrons. The molecule has 0 radical (unpaired) electrons. The van der Waals surface area contributed by atoms with Crippen molar-refractivity contribution in [2.45, 2.75) is 84.2 Å².